The van der Waals surface area contributed by atoms with Gasteiger partial charge in [-0.15, -0.1) is 0 Å². The van der Waals surface area contributed by atoms with Crippen LogP contribution in [0.4, 0.5) is 11.4 Å². The van der Waals surface area contributed by atoms with E-state index in [1.165, 1.54) is 57.8 Å². The number of ether oxygens (including phenoxy) is 1. The van der Waals surface area contributed by atoms with Crippen LogP contribution in [0, 0.1) is 0 Å². The van der Waals surface area contributed by atoms with E-state index in [4.69, 9.17) is 4.74 Å². The minimum absolute atomic E-state index is 0.0194. The molecule has 4 rings (SSSR count). The molecule has 0 bridgehead atoms. The number of fused-ring (bicyclic) bond motifs is 1. The highest BCUT2D eigenvalue weighted by molar-refractivity contribution is 6.00. The number of benzene rings is 2. The average Bonchev–Trinajstić information content (AvgIpc) is 3.12. The van der Waals surface area contributed by atoms with Crippen LogP contribution in [0.5, 0.6) is 5.75 Å². The van der Waals surface area contributed by atoms with Crippen LogP contribution in [-0.2, 0) is 4.79 Å². The maximum Gasteiger partial charge on any atom is 0.251 e. The zero-order chi connectivity index (χ0) is 23.6. The molecule has 34 heavy (non-hydrogen) atoms. The SMILES string of the molecule is CCCCCCCCCCCCOc1ccc(C2Nc3ccccc3NC3=C2C(=O)NC3)cc1. The van der Waals surface area contributed by atoms with E-state index in [2.05, 4.69) is 35.0 Å². The minimum Gasteiger partial charge on any atom is -0.494 e. The molecule has 0 fully saturated rings. The first-order valence-corrected chi connectivity index (χ1v) is 13.1. The van der Waals surface area contributed by atoms with Gasteiger partial charge >= 0.3 is 0 Å². The number of unbranched alkanes of at least 4 members (excludes halogenated alkanes) is 9. The van der Waals surface area contributed by atoms with Gasteiger partial charge in [0.2, 0.25) is 0 Å². The summed E-state index contributed by atoms with van der Waals surface area (Å²) in [4.78, 5) is 12.6. The van der Waals surface area contributed by atoms with Crippen molar-refractivity contribution in [1.82, 2.24) is 5.32 Å². The summed E-state index contributed by atoms with van der Waals surface area (Å²) in [6, 6.07) is 16.0. The highest BCUT2D eigenvalue weighted by Crippen LogP contribution is 2.38. The normalized spacial score (nSPS) is 16.7. The lowest BCUT2D eigenvalue weighted by molar-refractivity contribution is -0.116. The van der Waals surface area contributed by atoms with Gasteiger partial charge in [-0.05, 0) is 36.2 Å². The van der Waals surface area contributed by atoms with Gasteiger partial charge in [0.1, 0.15) is 5.75 Å². The summed E-state index contributed by atoms with van der Waals surface area (Å²) in [6.07, 6.45) is 13.2. The Labute approximate surface area is 204 Å². The Kier molecular flexibility index (Phi) is 8.89. The number of anilines is 2. The summed E-state index contributed by atoms with van der Waals surface area (Å²) >= 11 is 0. The molecule has 182 valence electrons. The van der Waals surface area contributed by atoms with Crippen LogP contribution in [0.1, 0.15) is 82.7 Å². The van der Waals surface area contributed by atoms with E-state index in [1.54, 1.807) is 0 Å². The fraction of sp³-hybridized carbons (Fsp3) is 0.483. The summed E-state index contributed by atoms with van der Waals surface area (Å²) in [7, 11) is 0. The van der Waals surface area contributed by atoms with E-state index in [9.17, 15) is 4.79 Å². The lowest BCUT2D eigenvalue weighted by Crippen LogP contribution is -2.24. The van der Waals surface area contributed by atoms with E-state index in [1.807, 2.05) is 36.4 Å². The van der Waals surface area contributed by atoms with Gasteiger partial charge in [-0.1, -0.05) is 89.0 Å². The fourth-order valence-corrected chi connectivity index (χ4v) is 4.81. The second-order valence-electron chi connectivity index (χ2n) is 9.42. The van der Waals surface area contributed by atoms with Gasteiger partial charge in [-0.3, -0.25) is 4.79 Å². The molecule has 2 aromatic rings. The van der Waals surface area contributed by atoms with Crippen molar-refractivity contribution in [3.63, 3.8) is 0 Å². The van der Waals surface area contributed by atoms with Gasteiger partial charge in [-0.2, -0.15) is 0 Å². The average molecular weight is 462 g/mol. The molecule has 0 spiro atoms. The van der Waals surface area contributed by atoms with Crippen LogP contribution in [0.2, 0.25) is 0 Å². The van der Waals surface area contributed by atoms with Crippen molar-refractivity contribution in [2.45, 2.75) is 77.2 Å². The lowest BCUT2D eigenvalue weighted by Gasteiger charge is -2.20. The van der Waals surface area contributed by atoms with Crippen LogP contribution in [-0.4, -0.2) is 19.1 Å². The molecule has 5 nitrogen and oxygen atoms in total. The van der Waals surface area contributed by atoms with Gasteiger partial charge in [0.15, 0.2) is 0 Å². The Morgan fingerprint density at radius 3 is 2.18 bits per heavy atom. The van der Waals surface area contributed by atoms with E-state index in [0.717, 1.165) is 47.0 Å². The molecule has 1 amide bonds. The number of amides is 1. The predicted molar refractivity (Wildman–Crippen MR) is 140 cm³/mol. The molecule has 2 aliphatic heterocycles. The largest absolute Gasteiger partial charge is 0.494 e. The van der Waals surface area contributed by atoms with Crippen molar-refractivity contribution in [1.29, 1.82) is 0 Å². The summed E-state index contributed by atoms with van der Waals surface area (Å²) in [6.45, 7) is 3.55. The zero-order valence-electron chi connectivity index (χ0n) is 20.5. The summed E-state index contributed by atoms with van der Waals surface area (Å²) in [5.41, 5.74) is 4.74. The molecule has 2 heterocycles. The topological polar surface area (TPSA) is 62.4 Å². The standard InChI is InChI=1S/C29H39N3O2/c1-2-3-4-5-6-7-8-9-10-13-20-34-23-18-16-22(17-19-23)28-27-26(21-30-29(27)33)31-24-14-11-12-15-25(24)32-28/h11-12,14-19,28,31-32H,2-10,13,20-21H2,1H3,(H,30,33). The predicted octanol–water partition coefficient (Wildman–Crippen LogP) is 6.95. The lowest BCUT2D eigenvalue weighted by atomic mass is 9.97. The molecule has 3 N–H and O–H groups in total. The smallest absolute Gasteiger partial charge is 0.251 e. The van der Waals surface area contributed by atoms with Crippen molar-refractivity contribution in [2.24, 2.45) is 0 Å². The third kappa shape index (κ3) is 6.34. The molecule has 1 unspecified atom stereocenters. The zero-order valence-corrected chi connectivity index (χ0v) is 20.5. The molecular formula is C29H39N3O2. The van der Waals surface area contributed by atoms with E-state index >= 15 is 0 Å². The number of hydrogen-bond donors (Lipinski definition) is 3. The van der Waals surface area contributed by atoms with Gasteiger partial charge in [0.05, 0.1) is 36.1 Å². The van der Waals surface area contributed by atoms with E-state index in [0.29, 0.717) is 6.54 Å². The molecule has 5 heteroatoms. The molecule has 0 saturated carbocycles. The van der Waals surface area contributed by atoms with Gasteiger partial charge in [0.25, 0.3) is 5.91 Å². The Morgan fingerprint density at radius 1 is 0.824 bits per heavy atom. The minimum atomic E-state index is -0.204. The quantitative estimate of drug-likeness (QED) is 0.283. The highest BCUT2D eigenvalue weighted by Gasteiger charge is 2.33. The summed E-state index contributed by atoms with van der Waals surface area (Å²) in [5, 5.41) is 9.96. The fourth-order valence-electron chi connectivity index (χ4n) is 4.81. The van der Waals surface area contributed by atoms with Crippen LogP contribution >= 0.6 is 0 Å². The van der Waals surface area contributed by atoms with Crippen LogP contribution in [0.25, 0.3) is 0 Å². The van der Waals surface area contributed by atoms with Crippen LogP contribution in [0.3, 0.4) is 0 Å². The van der Waals surface area contributed by atoms with E-state index < -0.39 is 0 Å². The maximum atomic E-state index is 12.6. The number of nitrogens with one attached hydrogen (secondary N) is 3. The van der Waals surface area contributed by atoms with Crippen molar-refractivity contribution >= 4 is 17.3 Å². The van der Waals surface area contributed by atoms with Crippen LogP contribution in [0.15, 0.2) is 59.8 Å². The van der Waals surface area contributed by atoms with Crippen molar-refractivity contribution < 1.29 is 9.53 Å². The second-order valence-corrected chi connectivity index (χ2v) is 9.42. The second kappa shape index (κ2) is 12.5. The van der Waals surface area contributed by atoms with Crippen molar-refractivity contribution in [3.05, 3.63) is 65.4 Å². The first-order chi connectivity index (χ1) is 16.8. The number of hydrogen-bond acceptors (Lipinski definition) is 4. The Hall–Kier alpha value is -2.95. The molecule has 0 radical (unpaired) electrons. The Balaban J connectivity index is 1.25. The molecule has 2 aromatic carbocycles. The first-order valence-electron chi connectivity index (χ1n) is 13.1. The van der Waals surface area contributed by atoms with Crippen molar-refractivity contribution in [3.8, 4) is 5.75 Å². The molecule has 0 saturated heterocycles. The molecule has 0 aromatic heterocycles. The number of rotatable bonds is 13. The van der Waals surface area contributed by atoms with E-state index in [-0.39, 0.29) is 11.9 Å². The van der Waals surface area contributed by atoms with Gasteiger partial charge in [0, 0.05) is 5.70 Å². The number of carbonyl (C=O) groups excluding carboxylic acids is 1. The molecule has 1 atom stereocenters. The summed E-state index contributed by atoms with van der Waals surface area (Å²) in [5.74, 6) is 0.867. The molecular weight excluding hydrogens is 422 g/mol. The maximum absolute atomic E-state index is 12.6. The van der Waals surface area contributed by atoms with Crippen molar-refractivity contribution in [2.75, 3.05) is 23.8 Å². The Bertz CT molecular complexity index is 968. The van der Waals surface area contributed by atoms with Gasteiger partial charge < -0.3 is 20.7 Å². The highest BCUT2D eigenvalue weighted by atomic mass is 16.5. The van der Waals surface area contributed by atoms with Gasteiger partial charge in [-0.25, -0.2) is 0 Å². The number of para-hydroxylation sites is 2. The molecule has 0 aliphatic carbocycles. The third-order valence-corrected chi connectivity index (χ3v) is 6.78. The monoisotopic (exact) mass is 461 g/mol. The Morgan fingerprint density at radius 2 is 1.47 bits per heavy atom. The summed E-state index contributed by atoms with van der Waals surface area (Å²) < 4.78 is 5.98. The number of carbonyl (C=O) groups is 1. The first kappa shape index (κ1) is 24.2. The third-order valence-electron chi connectivity index (χ3n) is 6.78. The molecule has 2 aliphatic rings. The van der Waals surface area contributed by atoms with Crippen LogP contribution < -0.4 is 20.7 Å².